The lowest BCUT2D eigenvalue weighted by Gasteiger charge is -2.52. The molecule has 164 valence electrons. The van der Waals surface area contributed by atoms with Gasteiger partial charge in [0.1, 0.15) is 11.5 Å². The molecule has 1 unspecified atom stereocenters. The van der Waals surface area contributed by atoms with Gasteiger partial charge in [0.25, 0.3) is 0 Å². The minimum atomic E-state index is -1.77. The van der Waals surface area contributed by atoms with Crippen molar-refractivity contribution >= 4 is 0 Å². The Kier molecular flexibility index (Phi) is 5.93. The second-order valence-electron chi connectivity index (χ2n) is 7.22. The molecule has 0 saturated carbocycles. The smallest absolute Gasteiger partial charge is 0.241 e. The van der Waals surface area contributed by atoms with Crippen LogP contribution in [0, 0.1) is 11.8 Å². The molecule has 1 heterocycles. The van der Waals surface area contributed by atoms with E-state index in [9.17, 15) is 5.11 Å². The minimum Gasteiger partial charge on any atom is -0.496 e. The molecule has 31 heavy (non-hydrogen) atoms. The fraction of sp³-hybridized carbons (Fsp3) is 0.417. The second kappa shape index (κ2) is 8.50. The van der Waals surface area contributed by atoms with Crippen LogP contribution in [-0.2, 0) is 30.3 Å². The van der Waals surface area contributed by atoms with Crippen molar-refractivity contribution in [3.63, 3.8) is 0 Å². The van der Waals surface area contributed by atoms with E-state index in [4.69, 9.17) is 28.4 Å². The third-order valence-electron chi connectivity index (χ3n) is 5.74. The third-order valence-corrected chi connectivity index (χ3v) is 5.74. The van der Waals surface area contributed by atoms with Crippen LogP contribution in [0.2, 0.25) is 0 Å². The van der Waals surface area contributed by atoms with E-state index in [2.05, 4.69) is 11.8 Å². The predicted molar refractivity (Wildman–Crippen MR) is 112 cm³/mol. The number of methoxy groups -OCH3 is 4. The standard InChI is InChI=1S/C24H26O7/c1-26-19-10-5-8-17(22-30-14-7-15-31-22)16(19)12-13-23(25)21-18(24(23,28-3)29-4)9-6-11-20(21)27-2/h5-6,8-11,22,25H,7,14-15H2,1-4H3. The number of ether oxygens (including phenoxy) is 6. The van der Waals surface area contributed by atoms with Crippen molar-refractivity contribution in [2.75, 3.05) is 41.7 Å². The van der Waals surface area contributed by atoms with Crippen molar-refractivity contribution in [3.05, 3.63) is 58.7 Å². The van der Waals surface area contributed by atoms with Crippen LogP contribution >= 0.6 is 0 Å². The van der Waals surface area contributed by atoms with Crippen molar-refractivity contribution in [1.82, 2.24) is 0 Å². The molecule has 1 aliphatic heterocycles. The van der Waals surface area contributed by atoms with Gasteiger partial charge in [0, 0.05) is 25.3 Å². The van der Waals surface area contributed by atoms with E-state index in [0.29, 0.717) is 41.4 Å². The van der Waals surface area contributed by atoms with Gasteiger partial charge >= 0.3 is 0 Å². The van der Waals surface area contributed by atoms with Crippen molar-refractivity contribution in [1.29, 1.82) is 0 Å². The zero-order valence-electron chi connectivity index (χ0n) is 18.1. The first-order valence-electron chi connectivity index (χ1n) is 10.00. The Balaban J connectivity index is 1.86. The van der Waals surface area contributed by atoms with Crippen molar-refractivity contribution in [2.24, 2.45) is 0 Å². The zero-order chi connectivity index (χ0) is 22.1. The fourth-order valence-corrected chi connectivity index (χ4v) is 4.26. The van der Waals surface area contributed by atoms with Crippen LogP contribution < -0.4 is 9.47 Å². The molecule has 2 aliphatic rings. The van der Waals surface area contributed by atoms with Crippen LogP contribution in [0.3, 0.4) is 0 Å². The average molecular weight is 426 g/mol. The Morgan fingerprint density at radius 1 is 0.935 bits per heavy atom. The first-order chi connectivity index (χ1) is 15.1. The Bertz CT molecular complexity index is 1010. The summed E-state index contributed by atoms with van der Waals surface area (Å²) in [5, 5.41) is 11.7. The lowest BCUT2D eigenvalue weighted by atomic mass is 9.67. The van der Waals surface area contributed by atoms with Crippen molar-refractivity contribution < 1.29 is 33.5 Å². The van der Waals surface area contributed by atoms with Gasteiger partial charge in [-0.15, -0.1) is 0 Å². The van der Waals surface area contributed by atoms with E-state index in [1.54, 1.807) is 26.4 Å². The summed E-state index contributed by atoms with van der Waals surface area (Å²) in [4.78, 5) is 0. The predicted octanol–water partition coefficient (Wildman–Crippen LogP) is 2.84. The summed E-state index contributed by atoms with van der Waals surface area (Å²) in [5.41, 5.74) is 0.693. The summed E-state index contributed by atoms with van der Waals surface area (Å²) < 4.78 is 33.8. The highest BCUT2D eigenvalue weighted by Gasteiger charge is 2.66. The van der Waals surface area contributed by atoms with Gasteiger partial charge in [0.15, 0.2) is 6.29 Å². The largest absolute Gasteiger partial charge is 0.496 e. The van der Waals surface area contributed by atoms with Crippen LogP contribution in [0.1, 0.15) is 35.0 Å². The fourth-order valence-electron chi connectivity index (χ4n) is 4.26. The average Bonchev–Trinajstić information content (AvgIpc) is 2.83. The van der Waals surface area contributed by atoms with Crippen LogP contribution in [-0.4, -0.2) is 46.8 Å². The van der Waals surface area contributed by atoms with Gasteiger partial charge < -0.3 is 33.5 Å². The molecule has 4 rings (SSSR count). The van der Waals surface area contributed by atoms with Crippen molar-refractivity contribution in [3.8, 4) is 23.3 Å². The normalized spacial score (nSPS) is 22.0. The maximum Gasteiger partial charge on any atom is 0.241 e. The van der Waals surface area contributed by atoms with Crippen LogP contribution in [0.4, 0.5) is 0 Å². The van der Waals surface area contributed by atoms with E-state index >= 15 is 0 Å². The minimum absolute atomic E-state index is 0.498. The van der Waals surface area contributed by atoms with Gasteiger partial charge in [0.05, 0.1) is 38.6 Å². The number of aliphatic hydroxyl groups is 1. The number of fused-ring (bicyclic) bond motifs is 1. The molecular weight excluding hydrogens is 400 g/mol. The van der Waals surface area contributed by atoms with Crippen LogP contribution in [0.15, 0.2) is 36.4 Å². The maximum atomic E-state index is 11.7. The molecule has 2 aromatic carbocycles. The van der Waals surface area contributed by atoms with E-state index in [1.165, 1.54) is 14.2 Å². The molecular formula is C24H26O7. The van der Waals surface area contributed by atoms with E-state index in [0.717, 1.165) is 12.0 Å². The zero-order valence-corrected chi connectivity index (χ0v) is 18.1. The topological polar surface area (TPSA) is 75.6 Å². The monoisotopic (exact) mass is 426 g/mol. The molecule has 2 aromatic rings. The van der Waals surface area contributed by atoms with Gasteiger partial charge in [-0.3, -0.25) is 0 Å². The summed E-state index contributed by atoms with van der Waals surface area (Å²) in [6.45, 7) is 1.19. The lowest BCUT2D eigenvalue weighted by Crippen LogP contribution is -2.60. The number of rotatable bonds is 5. The van der Waals surface area contributed by atoms with Crippen LogP contribution in [0.25, 0.3) is 0 Å². The second-order valence-corrected chi connectivity index (χ2v) is 7.22. The Morgan fingerprint density at radius 2 is 1.58 bits per heavy atom. The molecule has 1 fully saturated rings. The molecule has 1 atom stereocenters. The quantitative estimate of drug-likeness (QED) is 0.582. The summed E-state index contributed by atoms with van der Waals surface area (Å²) in [6, 6.07) is 10.9. The third kappa shape index (κ3) is 3.19. The molecule has 1 saturated heterocycles. The Hall–Kier alpha value is -2.60. The highest BCUT2D eigenvalue weighted by molar-refractivity contribution is 5.63. The van der Waals surface area contributed by atoms with Gasteiger partial charge in [-0.25, -0.2) is 0 Å². The number of hydrogen-bond acceptors (Lipinski definition) is 7. The molecule has 0 spiro atoms. The summed E-state index contributed by atoms with van der Waals surface area (Å²) in [5.74, 6) is 5.65. The molecule has 0 aromatic heterocycles. The van der Waals surface area contributed by atoms with Crippen LogP contribution in [0.5, 0.6) is 11.5 Å². The van der Waals surface area contributed by atoms with Gasteiger partial charge in [0.2, 0.25) is 11.4 Å². The lowest BCUT2D eigenvalue weighted by molar-refractivity contribution is -0.321. The van der Waals surface area contributed by atoms with Gasteiger partial charge in [-0.2, -0.15) is 0 Å². The molecule has 0 radical (unpaired) electrons. The first-order valence-corrected chi connectivity index (χ1v) is 10.00. The summed E-state index contributed by atoms with van der Waals surface area (Å²) in [6.07, 6.45) is 0.280. The van der Waals surface area contributed by atoms with Gasteiger partial charge in [-0.1, -0.05) is 36.1 Å². The maximum absolute atomic E-state index is 11.7. The first kappa shape index (κ1) is 21.6. The van der Waals surface area contributed by atoms with Gasteiger partial charge in [-0.05, 0) is 18.6 Å². The SMILES string of the molecule is COc1cccc(C2OCCCO2)c1C#CC1(O)c2c(OC)cccc2C1(OC)OC. The highest BCUT2D eigenvalue weighted by Crippen LogP contribution is 2.58. The van der Waals surface area contributed by atoms with E-state index < -0.39 is 17.7 Å². The highest BCUT2D eigenvalue weighted by atomic mass is 16.7. The molecule has 1 N–H and O–H groups in total. The molecule has 7 nitrogen and oxygen atoms in total. The molecule has 0 bridgehead atoms. The Morgan fingerprint density at radius 3 is 2.23 bits per heavy atom. The van der Waals surface area contributed by atoms with Crippen molar-refractivity contribution in [2.45, 2.75) is 24.1 Å². The van der Waals surface area contributed by atoms with E-state index in [-0.39, 0.29) is 0 Å². The molecule has 7 heteroatoms. The summed E-state index contributed by atoms with van der Waals surface area (Å²) >= 11 is 0. The number of hydrogen-bond donors (Lipinski definition) is 1. The molecule has 1 aliphatic carbocycles. The molecule has 0 amide bonds. The Labute approximate surface area is 181 Å². The number of benzene rings is 2. The van der Waals surface area contributed by atoms with E-state index in [1.807, 2.05) is 24.3 Å². The summed E-state index contributed by atoms with van der Waals surface area (Å²) in [7, 11) is 6.05.